The second-order valence-corrected chi connectivity index (χ2v) is 23.6. The number of nitrogens with zero attached hydrogens (tertiary/aromatic N) is 3. The Hall–Kier alpha value is -7.62. The summed E-state index contributed by atoms with van der Waals surface area (Å²) in [5.74, 6) is 0. The highest BCUT2D eigenvalue weighted by Crippen LogP contribution is 2.61. The maximum Gasteiger partial charge on any atom is 0.0544 e. The van der Waals surface area contributed by atoms with Gasteiger partial charge in [-0.2, -0.15) is 0 Å². The third-order valence-electron chi connectivity index (χ3n) is 17.6. The normalized spacial score (nSPS) is 16.9. The largest absolute Gasteiger partial charge is 0.371 e. The number of hydrogen-bond acceptors (Lipinski definition) is 3. The molecule has 9 aromatic rings. The van der Waals surface area contributed by atoms with E-state index in [9.17, 15) is 0 Å². The Bertz CT molecular complexity index is 3470. The van der Waals surface area contributed by atoms with Crippen molar-refractivity contribution < 1.29 is 0 Å². The van der Waals surface area contributed by atoms with E-state index in [0.29, 0.717) is 0 Å². The first-order valence-electron chi connectivity index (χ1n) is 26.6. The second-order valence-electron chi connectivity index (χ2n) is 23.6. The lowest BCUT2D eigenvalue weighted by molar-refractivity contribution is 0.402. The monoisotopic (exact) mass is 948 g/mol. The van der Waals surface area contributed by atoms with Crippen LogP contribution >= 0.6 is 0 Å². The highest BCUT2D eigenvalue weighted by atomic mass is 15.2. The van der Waals surface area contributed by atoms with Crippen LogP contribution in [-0.4, -0.2) is 13.1 Å². The van der Waals surface area contributed by atoms with Crippen molar-refractivity contribution in [2.75, 3.05) is 27.8 Å². The van der Waals surface area contributed by atoms with Crippen LogP contribution in [0.3, 0.4) is 0 Å². The molecule has 9 aromatic carbocycles. The van der Waals surface area contributed by atoms with Crippen molar-refractivity contribution in [3.8, 4) is 44.5 Å². The van der Waals surface area contributed by atoms with Crippen molar-refractivity contribution in [3.05, 3.63) is 234 Å². The molecule has 4 aliphatic heterocycles. The van der Waals surface area contributed by atoms with Crippen molar-refractivity contribution in [3.63, 3.8) is 0 Å². The molecule has 0 bridgehead atoms. The zero-order valence-corrected chi connectivity index (χ0v) is 43.7. The third kappa shape index (κ3) is 7.21. The fraction of sp³-hybridized carbons (Fsp3) is 0.229. The van der Waals surface area contributed by atoms with Crippen LogP contribution in [0.2, 0.25) is 0 Å². The first-order valence-corrected chi connectivity index (χ1v) is 26.6. The van der Waals surface area contributed by atoms with Gasteiger partial charge >= 0.3 is 0 Å². The molecule has 4 aliphatic rings. The smallest absolute Gasteiger partial charge is 0.0544 e. The Morgan fingerprint density at radius 3 is 1.05 bits per heavy atom. The number of rotatable bonds is 7. The molecule has 0 N–H and O–H groups in total. The summed E-state index contributed by atoms with van der Waals surface area (Å²) >= 11 is 0. The summed E-state index contributed by atoms with van der Waals surface area (Å²) in [6.45, 7) is 21.7. The van der Waals surface area contributed by atoms with Crippen LogP contribution in [0.1, 0.15) is 102 Å². The molecule has 0 radical (unpaired) electrons. The van der Waals surface area contributed by atoms with Crippen molar-refractivity contribution in [2.24, 2.45) is 0 Å². The van der Waals surface area contributed by atoms with Crippen molar-refractivity contribution in [1.82, 2.24) is 0 Å². The van der Waals surface area contributed by atoms with E-state index in [4.69, 9.17) is 0 Å². The van der Waals surface area contributed by atoms with Gasteiger partial charge in [0.1, 0.15) is 0 Å². The zero-order chi connectivity index (χ0) is 50.0. The molecule has 360 valence electrons. The van der Waals surface area contributed by atoms with Crippen LogP contribution in [0.15, 0.2) is 200 Å². The quantitative estimate of drug-likeness (QED) is 0.158. The molecule has 0 aliphatic carbocycles. The highest BCUT2D eigenvalue weighted by molar-refractivity contribution is 5.94. The van der Waals surface area contributed by atoms with Gasteiger partial charge in [-0.1, -0.05) is 183 Å². The van der Waals surface area contributed by atoms with Gasteiger partial charge < -0.3 is 14.7 Å². The standard InChI is InChI=1S/C70H65N3/c1-67(2)38-40-71-41-39-68(3,4)60-43-52(42-59(67)65(60)71)51-30-36-56(37-31-51)72(54-32-26-48(27-33-54)46-16-10-9-11-17-46)55-34-28-49(29-35-55)47-22-24-50(25-23-47)53-44-61-66-62(45-53)70(7,8)58-19-13-15-21-64(58)73(66)63-20-14-12-18-57(63)69(61,5)6/h9-37,42-45H,38-41H2,1-8H3. The Morgan fingerprint density at radius 1 is 0.315 bits per heavy atom. The highest BCUT2D eigenvalue weighted by Gasteiger charge is 2.46. The minimum absolute atomic E-state index is 0.136. The van der Waals surface area contributed by atoms with Crippen molar-refractivity contribution >= 4 is 39.8 Å². The summed E-state index contributed by atoms with van der Waals surface area (Å²) in [4.78, 5) is 7.60. The average Bonchev–Trinajstić information content (AvgIpc) is 3.41. The summed E-state index contributed by atoms with van der Waals surface area (Å²) in [5, 5.41) is 0. The van der Waals surface area contributed by atoms with Gasteiger partial charge in [-0.05, 0) is 174 Å². The van der Waals surface area contributed by atoms with E-state index in [-0.39, 0.29) is 21.7 Å². The molecule has 0 aromatic heterocycles. The van der Waals surface area contributed by atoms with E-state index < -0.39 is 0 Å². The van der Waals surface area contributed by atoms with E-state index in [2.05, 4.69) is 270 Å². The van der Waals surface area contributed by atoms with Gasteiger partial charge in [-0.3, -0.25) is 0 Å². The number of para-hydroxylation sites is 2. The van der Waals surface area contributed by atoms with E-state index in [1.54, 1.807) is 0 Å². The van der Waals surface area contributed by atoms with Crippen LogP contribution in [0.4, 0.5) is 39.8 Å². The van der Waals surface area contributed by atoms with Crippen LogP contribution in [0.5, 0.6) is 0 Å². The van der Waals surface area contributed by atoms with Crippen molar-refractivity contribution in [1.29, 1.82) is 0 Å². The number of fused-ring (bicyclic) bond motifs is 4. The lowest BCUT2D eigenvalue weighted by Gasteiger charge is -2.49. The molecule has 4 heterocycles. The fourth-order valence-electron chi connectivity index (χ4n) is 13.0. The molecule has 0 atom stereocenters. The average molecular weight is 948 g/mol. The van der Waals surface area contributed by atoms with Crippen LogP contribution in [0.25, 0.3) is 44.5 Å². The summed E-state index contributed by atoms with van der Waals surface area (Å²) in [6, 6.07) is 75.3. The predicted molar refractivity (Wildman–Crippen MR) is 309 cm³/mol. The topological polar surface area (TPSA) is 9.72 Å². The molecular weight excluding hydrogens is 883 g/mol. The van der Waals surface area contributed by atoms with Crippen LogP contribution < -0.4 is 14.7 Å². The van der Waals surface area contributed by atoms with Crippen molar-refractivity contribution in [2.45, 2.75) is 89.9 Å². The Kier molecular flexibility index (Phi) is 10.2. The lowest BCUT2D eigenvalue weighted by Crippen LogP contribution is -2.44. The molecule has 0 spiro atoms. The molecule has 3 nitrogen and oxygen atoms in total. The third-order valence-corrected chi connectivity index (χ3v) is 17.6. The first-order chi connectivity index (χ1) is 35.2. The van der Waals surface area contributed by atoms with Gasteiger partial charge in [0, 0.05) is 46.7 Å². The Labute approximate surface area is 433 Å². The lowest BCUT2D eigenvalue weighted by atomic mass is 9.65. The molecule has 0 amide bonds. The fourth-order valence-corrected chi connectivity index (χ4v) is 13.0. The van der Waals surface area contributed by atoms with E-state index in [1.165, 1.54) is 113 Å². The van der Waals surface area contributed by atoms with Crippen LogP contribution in [-0.2, 0) is 21.7 Å². The summed E-state index contributed by atoms with van der Waals surface area (Å²) < 4.78 is 0. The van der Waals surface area contributed by atoms with Gasteiger partial charge in [-0.15, -0.1) is 0 Å². The van der Waals surface area contributed by atoms with Gasteiger partial charge in [0.15, 0.2) is 0 Å². The van der Waals surface area contributed by atoms with E-state index in [0.717, 1.165) is 30.2 Å². The molecule has 73 heavy (non-hydrogen) atoms. The zero-order valence-electron chi connectivity index (χ0n) is 43.7. The summed E-state index contributed by atoms with van der Waals surface area (Å²) in [5.41, 5.74) is 27.1. The van der Waals surface area contributed by atoms with Gasteiger partial charge in [0.25, 0.3) is 0 Å². The maximum atomic E-state index is 2.66. The Morgan fingerprint density at radius 2 is 0.644 bits per heavy atom. The maximum absolute atomic E-state index is 2.66. The SMILES string of the molecule is CC1(C)CCN2CCC(C)(C)c3cc(-c4ccc(N(c5ccc(-c6ccccc6)cc5)c5ccc(-c6ccc(-c7cc8c9c(c7)C(C)(C)c7ccccc7N9c7ccccc7C8(C)C)cc6)cc5)cc4)cc1c32. The molecule has 0 unspecified atom stereocenters. The minimum Gasteiger partial charge on any atom is -0.371 e. The molecule has 0 saturated carbocycles. The van der Waals surface area contributed by atoms with Gasteiger partial charge in [-0.25, -0.2) is 0 Å². The minimum atomic E-state index is -0.175. The van der Waals surface area contributed by atoms with E-state index >= 15 is 0 Å². The molecule has 0 saturated heterocycles. The molecule has 13 rings (SSSR count). The Balaban J connectivity index is 0.844. The van der Waals surface area contributed by atoms with Crippen LogP contribution in [0, 0.1) is 0 Å². The molecule has 3 heteroatoms. The summed E-state index contributed by atoms with van der Waals surface area (Å²) in [6.07, 6.45) is 2.37. The van der Waals surface area contributed by atoms with Gasteiger partial charge in [0.2, 0.25) is 0 Å². The first kappa shape index (κ1) is 45.3. The molecular formula is C70H65N3. The second kappa shape index (κ2) is 16.5. The summed E-state index contributed by atoms with van der Waals surface area (Å²) in [7, 11) is 0. The van der Waals surface area contributed by atoms with Gasteiger partial charge in [0.05, 0.1) is 17.1 Å². The number of anilines is 7. The number of hydrogen-bond donors (Lipinski definition) is 0. The predicted octanol–water partition coefficient (Wildman–Crippen LogP) is 18.7. The number of benzene rings is 9. The van der Waals surface area contributed by atoms with E-state index in [1.807, 2.05) is 0 Å². The molecule has 0 fully saturated rings.